The largest absolute Gasteiger partial charge is 0.339 e. The SMILES string of the molecule is Cc1cccc(C(=O)N2CCCC2)c1NC(=O)C1CCN(S(=O)(=O)c2ccccc2F)CC1. The third-order valence-electron chi connectivity index (χ3n) is 6.42. The van der Waals surface area contributed by atoms with Gasteiger partial charge >= 0.3 is 0 Å². The number of amides is 2. The van der Waals surface area contributed by atoms with Gasteiger partial charge in [-0.25, -0.2) is 12.8 Å². The van der Waals surface area contributed by atoms with E-state index in [4.69, 9.17) is 0 Å². The highest BCUT2D eigenvalue weighted by Gasteiger charge is 2.34. The molecule has 0 spiro atoms. The summed E-state index contributed by atoms with van der Waals surface area (Å²) < 4.78 is 40.9. The molecule has 0 aliphatic carbocycles. The van der Waals surface area contributed by atoms with Gasteiger partial charge in [0.05, 0.1) is 11.3 Å². The lowest BCUT2D eigenvalue weighted by Crippen LogP contribution is -2.41. The van der Waals surface area contributed by atoms with Crippen LogP contribution in [0.1, 0.15) is 41.6 Å². The quantitative estimate of drug-likeness (QED) is 0.721. The molecule has 0 saturated carbocycles. The molecule has 2 saturated heterocycles. The number of sulfonamides is 1. The first kappa shape index (κ1) is 23.4. The lowest BCUT2D eigenvalue weighted by atomic mass is 9.96. The highest BCUT2D eigenvalue weighted by molar-refractivity contribution is 7.89. The van der Waals surface area contributed by atoms with E-state index in [9.17, 15) is 22.4 Å². The number of hydrogen-bond donors (Lipinski definition) is 1. The van der Waals surface area contributed by atoms with Crippen molar-refractivity contribution >= 4 is 27.5 Å². The fourth-order valence-corrected chi connectivity index (χ4v) is 6.01. The first-order valence-corrected chi connectivity index (χ1v) is 12.7. The van der Waals surface area contributed by atoms with Crippen molar-refractivity contribution in [3.05, 3.63) is 59.4 Å². The summed E-state index contributed by atoms with van der Waals surface area (Å²) in [6.07, 6.45) is 2.60. The van der Waals surface area contributed by atoms with Crippen LogP contribution >= 0.6 is 0 Å². The van der Waals surface area contributed by atoms with Crippen LogP contribution < -0.4 is 5.32 Å². The Morgan fingerprint density at radius 1 is 0.970 bits per heavy atom. The fourth-order valence-electron chi connectivity index (χ4n) is 4.48. The van der Waals surface area contributed by atoms with E-state index in [0.717, 1.165) is 37.6 Å². The van der Waals surface area contributed by atoms with E-state index in [0.29, 0.717) is 24.1 Å². The monoisotopic (exact) mass is 473 g/mol. The number of rotatable bonds is 5. The molecule has 33 heavy (non-hydrogen) atoms. The van der Waals surface area contributed by atoms with E-state index in [1.54, 1.807) is 17.0 Å². The van der Waals surface area contributed by atoms with Crippen LogP contribution in [0.5, 0.6) is 0 Å². The number of nitrogens with zero attached hydrogens (tertiary/aromatic N) is 2. The summed E-state index contributed by atoms with van der Waals surface area (Å²) in [6, 6.07) is 10.7. The topological polar surface area (TPSA) is 86.8 Å². The number of carbonyl (C=O) groups excluding carboxylic acids is 2. The first-order valence-electron chi connectivity index (χ1n) is 11.2. The number of piperidine rings is 1. The summed E-state index contributed by atoms with van der Waals surface area (Å²) in [6.45, 7) is 3.54. The third-order valence-corrected chi connectivity index (χ3v) is 8.36. The number of para-hydroxylation sites is 1. The van der Waals surface area contributed by atoms with E-state index in [2.05, 4.69) is 5.32 Å². The molecule has 2 amide bonds. The van der Waals surface area contributed by atoms with E-state index in [-0.39, 0.29) is 29.8 Å². The molecule has 2 aliphatic heterocycles. The fraction of sp³-hybridized carbons (Fsp3) is 0.417. The van der Waals surface area contributed by atoms with Crippen LogP contribution in [-0.4, -0.2) is 55.6 Å². The Hall–Kier alpha value is -2.78. The molecule has 0 radical (unpaired) electrons. The van der Waals surface area contributed by atoms with Crippen molar-refractivity contribution in [1.82, 2.24) is 9.21 Å². The van der Waals surface area contributed by atoms with Gasteiger partial charge in [-0.3, -0.25) is 9.59 Å². The number of hydrogen-bond acceptors (Lipinski definition) is 4. The van der Waals surface area contributed by atoms with Gasteiger partial charge in [0.1, 0.15) is 10.7 Å². The molecule has 176 valence electrons. The normalized spacial score (nSPS) is 17.8. The maximum absolute atomic E-state index is 14.0. The molecule has 4 rings (SSSR count). The first-order chi connectivity index (χ1) is 15.8. The van der Waals surface area contributed by atoms with E-state index >= 15 is 0 Å². The van der Waals surface area contributed by atoms with Crippen molar-refractivity contribution in [2.75, 3.05) is 31.5 Å². The summed E-state index contributed by atoms with van der Waals surface area (Å²) in [4.78, 5) is 27.4. The van der Waals surface area contributed by atoms with Crippen LogP contribution in [0.3, 0.4) is 0 Å². The van der Waals surface area contributed by atoms with Gasteiger partial charge in [0.15, 0.2) is 0 Å². The Bertz CT molecular complexity index is 1150. The van der Waals surface area contributed by atoms with Gasteiger partial charge in [-0.1, -0.05) is 24.3 Å². The number of benzene rings is 2. The van der Waals surface area contributed by atoms with E-state index < -0.39 is 21.8 Å². The number of nitrogens with one attached hydrogen (secondary N) is 1. The van der Waals surface area contributed by atoms with Crippen molar-refractivity contribution in [3.8, 4) is 0 Å². The average molecular weight is 474 g/mol. The molecule has 2 heterocycles. The van der Waals surface area contributed by atoms with Crippen molar-refractivity contribution in [1.29, 1.82) is 0 Å². The summed E-state index contributed by atoms with van der Waals surface area (Å²) >= 11 is 0. The van der Waals surface area contributed by atoms with Crippen LogP contribution in [0, 0.1) is 18.7 Å². The Kier molecular flexibility index (Phi) is 6.81. The minimum atomic E-state index is -3.96. The van der Waals surface area contributed by atoms with Crippen LogP contribution in [-0.2, 0) is 14.8 Å². The lowest BCUT2D eigenvalue weighted by Gasteiger charge is -2.31. The Morgan fingerprint density at radius 2 is 1.64 bits per heavy atom. The van der Waals surface area contributed by atoms with Crippen molar-refractivity contribution in [2.24, 2.45) is 5.92 Å². The third kappa shape index (κ3) is 4.79. The molecular weight excluding hydrogens is 445 g/mol. The lowest BCUT2D eigenvalue weighted by molar-refractivity contribution is -0.120. The van der Waals surface area contributed by atoms with E-state index in [1.807, 2.05) is 13.0 Å². The molecule has 7 nitrogen and oxygen atoms in total. The minimum Gasteiger partial charge on any atom is -0.339 e. The maximum atomic E-state index is 14.0. The highest BCUT2D eigenvalue weighted by atomic mass is 32.2. The second-order valence-electron chi connectivity index (χ2n) is 8.59. The number of carbonyl (C=O) groups is 2. The Balaban J connectivity index is 1.44. The molecule has 0 unspecified atom stereocenters. The standard InChI is InChI=1S/C24H28FN3O4S/c1-17-7-6-8-19(24(30)27-13-4-5-14-27)22(17)26-23(29)18-11-15-28(16-12-18)33(31,32)21-10-3-2-9-20(21)25/h2-3,6-10,18H,4-5,11-16H2,1H3,(H,26,29). The highest BCUT2D eigenvalue weighted by Crippen LogP contribution is 2.28. The zero-order valence-electron chi connectivity index (χ0n) is 18.6. The molecule has 9 heteroatoms. The summed E-state index contributed by atoms with van der Waals surface area (Å²) in [5, 5.41) is 2.93. The van der Waals surface area contributed by atoms with Crippen LogP contribution in [0.25, 0.3) is 0 Å². The van der Waals surface area contributed by atoms with Gasteiger partial charge in [0.2, 0.25) is 15.9 Å². The van der Waals surface area contributed by atoms with Gasteiger partial charge < -0.3 is 10.2 Å². The zero-order chi connectivity index (χ0) is 23.6. The molecular formula is C24H28FN3O4S. The molecule has 2 aromatic rings. The second-order valence-corrected chi connectivity index (χ2v) is 10.5. The molecule has 0 atom stereocenters. The molecule has 1 N–H and O–H groups in total. The Labute approximate surface area is 193 Å². The molecule has 0 aromatic heterocycles. The van der Waals surface area contributed by atoms with E-state index in [1.165, 1.54) is 22.5 Å². The maximum Gasteiger partial charge on any atom is 0.255 e. The Morgan fingerprint density at radius 3 is 2.30 bits per heavy atom. The number of anilines is 1. The number of halogens is 1. The van der Waals surface area contributed by atoms with Gasteiger partial charge in [-0.2, -0.15) is 4.31 Å². The molecule has 2 aliphatic rings. The predicted molar refractivity (Wildman–Crippen MR) is 123 cm³/mol. The summed E-state index contributed by atoms with van der Waals surface area (Å²) in [5.41, 5.74) is 1.79. The number of aryl methyl sites for hydroxylation is 1. The van der Waals surface area contributed by atoms with Crippen LogP contribution in [0.2, 0.25) is 0 Å². The minimum absolute atomic E-state index is 0.0858. The van der Waals surface area contributed by atoms with Crippen molar-refractivity contribution in [3.63, 3.8) is 0 Å². The van der Waals surface area contributed by atoms with Crippen LogP contribution in [0.4, 0.5) is 10.1 Å². The van der Waals surface area contributed by atoms with Gasteiger partial charge in [0.25, 0.3) is 5.91 Å². The molecule has 0 bridgehead atoms. The van der Waals surface area contributed by atoms with Crippen molar-refractivity contribution < 1.29 is 22.4 Å². The van der Waals surface area contributed by atoms with Gasteiger partial charge in [-0.15, -0.1) is 0 Å². The van der Waals surface area contributed by atoms with Gasteiger partial charge in [-0.05, 0) is 56.4 Å². The van der Waals surface area contributed by atoms with Crippen molar-refractivity contribution in [2.45, 2.75) is 37.5 Å². The second kappa shape index (κ2) is 9.61. The summed E-state index contributed by atoms with van der Waals surface area (Å²) in [7, 11) is -3.96. The van der Waals surface area contributed by atoms with Gasteiger partial charge in [0, 0.05) is 32.1 Å². The number of likely N-dealkylation sites (tertiary alicyclic amines) is 1. The average Bonchev–Trinajstić information content (AvgIpc) is 3.35. The smallest absolute Gasteiger partial charge is 0.255 e. The molecule has 2 aromatic carbocycles. The summed E-state index contributed by atoms with van der Waals surface area (Å²) in [5.74, 6) is -1.50. The molecule has 2 fully saturated rings. The predicted octanol–water partition coefficient (Wildman–Crippen LogP) is 3.41. The zero-order valence-corrected chi connectivity index (χ0v) is 19.4. The van der Waals surface area contributed by atoms with Crippen LogP contribution in [0.15, 0.2) is 47.4 Å².